The lowest BCUT2D eigenvalue weighted by Gasteiger charge is -2.12. The highest BCUT2D eigenvalue weighted by Gasteiger charge is 2.12. The summed E-state index contributed by atoms with van der Waals surface area (Å²) >= 11 is 0. The quantitative estimate of drug-likeness (QED) is 0.373. The van der Waals surface area contributed by atoms with Gasteiger partial charge in [0.25, 0.3) is 5.91 Å². The van der Waals surface area contributed by atoms with Gasteiger partial charge >= 0.3 is 0 Å². The summed E-state index contributed by atoms with van der Waals surface area (Å²) < 4.78 is 11.4. The van der Waals surface area contributed by atoms with Crippen LogP contribution in [0.2, 0.25) is 0 Å². The summed E-state index contributed by atoms with van der Waals surface area (Å²) in [5.74, 6) is 0.817. The zero-order valence-electron chi connectivity index (χ0n) is 16.6. The Bertz CT molecular complexity index is 882. The Hall–Kier alpha value is -3.26. The summed E-state index contributed by atoms with van der Waals surface area (Å²) in [7, 11) is 0. The number of nitriles is 1. The molecule has 0 bridgehead atoms. The Labute approximate surface area is 166 Å². The first kappa shape index (κ1) is 21.0. The monoisotopic (exact) mass is 378 g/mol. The minimum absolute atomic E-state index is 0.0188. The zero-order chi connectivity index (χ0) is 20.4. The fraction of sp³-hybridized carbons (Fsp3) is 0.304. The Morgan fingerprint density at radius 3 is 2.61 bits per heavy atom. The third-order valence-corrected chi connectivity index (χ3v) is 4.09. The second-order valence-corrected chi connectivity index (χ2v) is 6.28. The third-order valence-electron chi connectivity index (χ3n) is 4.09. The Morgan fingerprint density at radius 1 is 1.14 bits per heavy atom. The van der Waals surface area contributed by atoms with E-state index in [1.165, 1.54) is 0 Å². The number of amides is 1. The van der Waals surface area contributed by atoms with Gasteiger partial charge in [0.2, 0.25) is 0 Å². The van der Waals surface area contributed by atoms with Crippen molar-refractivity contribution in [2.75, 3.05) is 18.5 Å². The average molecular weight is 378 g/mol. The molecule has 0 aliphatic heterocycles. The Kier molecular flexibility index (Phi) is 8.11. The minimum Gasteiger partial charge on any atom is -0.490 e. The van der Waals surface area contributed by atoms with Crippen LogP contribution in [0.3, 0.4) is 0 Å². The predicted octanol–water partition coefficient (Wildman–Crippen LogP) is 5.12. The van der Waals surface area contributed by atoms with Crippen LogP contribution in [-0.2, 0) is 4.79 Å². The Balaban J connectivity index is 2.22. The number of nitrogens with one attached hydrogen (secondary N) is 1. The van der Waals surface area contributed by atoms with Crippen molar-refractivity contribution in [2.24, 2.45) is 0 Å². The highest BCUT2D eigenvalue weighted by atomic mass is 16.5. The number of carbonyl (C=O) groups excluding carboxylic acids is 1. The SMILES string of the molecule is CCCCOc1ccc(/C=C(\C#N)C(=O)Nc2ccccc2C)cc1OCC. The number of para-hydroxylation sites is 1. The fourth-order valence-electron chi connectivity index (χ4n) is 2.55. The second kappa shape index (κ2) is 10.8. The number of hydrogen-bond donors (Lipinski definition) is 1. The standard InChI is InChI=1S/C23H26N2O3/c1-4-6-13-28-21-12-11-18(15-22(21)27-5-2)14-19(16-24)23(26)25-20-10-8-7-9-17(20)3/h7-12,14-15H,4-6,13H2,1-3H3,(H,25,26)/b19-14+. The first-order valence-electron chi connectivity index (χ1n) is 9.47. The van der Waals surface area contributed by atoms with Gasteiger partial charge in [-0.1, -0.05) is 37.6 Å². The third kappa shape index (κ3) is 5.88. The summed E-state index contributed by atoms with van der Waals surface area (Å²) in [5.41, 5.74) is 2.33. The van der Waals surface area contributed by atoms with Gasteiger partial charge in [0.05, 0.1) is 13.2 Å². The number of aryl methyl sites for hydroxylation is 1. The number of unbranched alkanes of at least 4 members (excludes halogenated alkanes) is 1. The van der Waals surface area contributed by atoms with E-state index in [0.717, 1.165) is 18.4 Å². The molecule has 0 saturated heterocycles. The van der Waals surface area contributed by atoms with Crippen molar-refractivity contribution in [2.45, 2.75) is 33.6 Å². The van der Waals surface area contributed by atoms with Crippen LogP contribution in [0.25, 0.3) is 6.08 Å². The van der Waals surface area contributed by atoms with Crippen LogP contribution in [0.4, 0.5) is 5.69 Å². The lowest BCUT2D eigenvalue weighted by atomic mass is 10.1. The minimum atomic E-state index is -0.446. The van der Waals surface area contributed by atoms with Crippen LogP contribution in [-0.4, -0.2) is 19.1 Å². The fourth-order valence-corrected chi connectivity index (χ4v) is 2.55. The van der Waals surface area contributed by atoms with Crippen molar-refractivity contribution in [3.8, 4) is 17.6 Å². The highest BCUT2D eigenvalue weighted by Crippen LogP contribution is 2.29. The van der Waals surface area contributed by atoms with Gasteiger partial charge in [0, 0.05) is 5.69 Å². The topological polar surface area (TPSA) is 71.3 Å². The molecular weight excluding hydrogens is 352 g/mol. The molecule has 0 unspecified atom stereocenters. The smallest absolute Gasteiger partial charge is 0.266 e. The van der Waals surface area contributed by atoms with Gasteiger partial charge in [-0.15, -0.1) is 0 Å². The van der Waals surface area contributed by atoms with Gasteiger partial charge < -0.3 is 14.8 Å². The highest BCUT2D eigenvalue weighted by molar-refractivity contribution is 6.10. The van der Waals surface area contributed by atoms with Crippen molar-refractivity contribution in [3.63, 3.8) is 0 Å². The van der Waals surface area contributed by atoms with Crippen molar-refractivity contribution in [3.05, 3.63) is 59.2 Å². The van der Waals surface area contributed by atoms with E-state index in [-0.39, 0.29) is 5.57 Å². The van der Waals surface area contributed by atoms with Gasteiger partial charge in [0.15, 0.2) is 11.5 Å². The predicted molar refractivity (Wildman–Crippen MR) is 111 cm³/mol. The summed E-state index contributed by atoms with van der Waals surface area (Å²) in [4.78, 5) is 12.5. The number of carbonyl (C=O) groups is 1. The van der Waals surface area contributed by atoms with Crippen LogP contribution in [0, 0.1) is 18.3 Å². The summed E-state index contributed by atoms with van der Waals surface area (Å²) in [6.45, 7) is 7.02. The first-order chi connectivity index (χ1) is 13.6. The Morgan fingerprint density at radius 2 is 1.93 bits per heavy atom. The lowest BCUT2D eigenvalue weighted by Crippen LogP contribution is -2.14. The molecule has 0 fully saturated rings. The summed E-state index contributed by atoms with van der Waals surface area (Å²) in [5, 5.41) is 12.2. The summed E-state index contributed by atoms with van der Waals surface area (Å²) in [6, 6.07) is 14.8. The van der Waals surface area contributed by atoms with Gasteiger partial charge in [-0.3, -0.25) is 4.79 Å². The molecule has 2 aromatic rings. The number of anilines is 1. The molecule has 2 rings (SSSR count). The van der Waals surface area contributed by atoms with Crippen molar-refractivity contribution in [1.82, 2.24) is 0 Å². The molecule has 0 heterocycles. The number of nitrogens with zero attached hydrogens (tertiary/aromatic N) is 1. The molecule has 0 spiro atoms. The number of benzene rings is 2. The molecule has 1 N–H and O–H groups in total. The maximum absolute atomic E-state index is 12.5. The van der Waals surface area contributed by atoms with E-state index in [2.05, 4.69) is 12.2 Å². The second-order valence-electron chi connectivity index (χ2n) is 6.28. The van der Waals surface area contributed by atoms with E-state index in [9.17, 15) is 10.1 Å². The molecule has 0 saturated carbocycles. The molecule has 0 aromatic heterocycles. The lowest BCUT2D eigenvalue weighted by molar-refractivity contribution is -0.112. The molecule has 0 atom stereocenters. The van der Waals surface area contributed by atoms with E-state index in [4.69, 9.17) is 9.47 Å². The molecule has 0 radical (unpaired) electrons. The van der Waals surface area contributed by atoms with Crippen LogP contribution in [0.15, 0.2) is 48.0 Å². The maximum Gasteiger partial charge on any atom is 0.266 e. The van der Waals surface area contributed by atoms with Crippen molar-refractivity contribution < 1.29 is 14.3 Å². The van der Waals surface area contributed by atoms with Crippen molar-refractivity contribution in [1.29, 1.82) is 5.26 Å². The molecule has 28 heavy (non-hydrogen) atoms. The van der Waals surface area contributed by atoms with E-state index < -0.39 is 5.91 Å². The number of ether oxygens (including phenoxy) is 2. The van der Waals surface area contributed by atoms with E-state index in [1.54, 1.807) is 24.3 Å². The van der Waals surface area contributed by atoms with E-state index in [0.29, 0.717) is 36.0 Å². The van der Waals surface area contributed by atoms with Gasteiger partial charge in [-0.25, -0.2) is 0 Å². The van der Waals surface area contributed by atoms with Crippen molar-refractivity contribution >= 4 is 17.7 Å². The normalized spacial score (nSPS) is 10.9. The van der Waals surface area contributed by atoms with E-state index >= 15 is 0 Å². The molecule has 1 amide bonds. The first-order valence-corrected chi connectivity index (χ1v) is 9.47. The average Bonchev–Trinajstić information content (AvgIpc) is 2.69. The van der Waals surface area contributed by atoms with Crippen LogP contribution < -0.4 is 14.8 Å². The maximum atomic E-state index is 12.5. The summed E-state index contributed by atoms with van der Waals surface area (Å²) in [6.07, 6.45) is 3.56. The molecule has 0 aliphatic carbocycles. The molecule has 2 aromatic carbocycles. The van der Waals surface area contributed by atoms with Gasteiger partial charge in [-0.05, 0) is 55.7 Å². The molecule has 5 nitrogen and oxygen atoms in total. The molecule has 5 heteroatoms. The van der Waals surface area contributed by atoms with E-state index in [1.807, 2.05) is 44.2 Å². The van der Waals surface area contributed by atoms with Crippen LogP contribution >= 0.6 is 0 Å². The van der Waals surface area contributed by atoms with Gasteiger partial charge in [-0.2, -0.15) is 5.26 Å². The molecular formula is C23H26N2O3. The molecule has 0 aliphatic rings. The molecule has 146 valence electrons. The van der Waals surface area contributed by atoms with Gasteiger partial charge in [0.1, 0.15) is 11.6 Å². The largest absolute Gasteiger partial charge is 0.490 e. The van der Waals surface area contributed by atoms with Crippen LogP contribution in [0.5, 0.6) is 11.5 Å². The number of rotatable bonds is 9. The van der Waals surface area contributed by atoms with Crippen LogP contribution in [0.1, 0.15) is 37.8 Å². The number of hydrogen-bond acceptors (Lipinski definition) is 4. The zero-order valence-corrected chi connectivity index (χ0v) is 16.6.